The van der Waals surface area contributed by atoms with Crippen molar-refractivity contribution in [1.82, 2.24) is 10.6 Å². The average Bonchev–Trinajstić information content (AvgIpc) is 3.09. The lowest BCUT2D eigenvalue weighted by Crippen LogP contribution is -2.45. The van der Waals surface area contributed by atoms with Gasteiger partial charge in [0.25, 0.3) is 0 Å². The Labute approximate surface area is 152 Å². The van der Waals surface area contributed by atoms with E-state index in [2.05, 4.69) is 10.6 Å². The van der Waals surface area contributed by atoms with Gasteiger partial charge in [0.1, 0.15) is 0 Å². The number of aliphatic hydroxyl groups excluding tert-OH is 8. The van der Waals surface area contributed by atoms with Crippen LogP contribution in [0.1, 0.15) is 25.7 Å². The molecule has 2 heterocycles. The van der Waals surface area contributed by atoms with Crippen LogP contribution >= 0.6 is 0 Å². The maximum absolute atomic E-state index is 10.0. The zero-order valence-corrected chi connectivity index (χ0v) is 14.6. The number of hydrogen-bond acceptors (Lipinski definition) is 10. The first-order valence-corrected chi connectivity index (χ1v) is 9.14. The van der Waals surface area contributed by atoms with Crippen LogP contribution in [0.15, 0.2) is 0 Å². The summed E-state index contributed by atoms with van der Waals surface area (Å²) in [6, 6.07) is -2.39. The molecule has 0 saturated carbocycles. The summed E-state index contributed by atoms with van der Waals surface area (Å²) in [6.07, 6.45) is -4.31. The maximum Gasteiger partial charge on any atom is 0.0993 e. The lowest BCUT2D eigenvalue weighted by atomic mass is 9.98. The van der Waals surface area contributed by atoms with Crippen LogP contribution in [0, 0.1) is 0 Å². The minimum absolute atomic E-state index is 0.410. The largest absolute Gasteiger partial charge is 0.394 e. The van der Waals surface area contributed by atoms with E-state index >= 15 is 0 Å². The second kappa shape index (κ2) is 9.69. The van der Waals surface area contributed by atoms with Gasteiger partial charge in [0.2, 0.25) is 0 Å². The molecular formula is C16H32N2O8. The molecule has 2 rings (SSSR count). The first kappa shape index (κ1) is 21.9. The van der Waals surface area contributed by atoms with Gasteiger partial charge in [0, 0.05) is 12.1 Å². The van der Waals surface area contributed by atoms with E-state index in [0.717, 1.165) is 0 Å². The van der Waals surface area contributed by atoms with Gasteiger partial charge in [-0.25, -0.2) is 0 Å². The molecule has 0 aromatic carbocycles. The molecule has 0 aromatic rings. The first-order chi connectivity index (χ1) is 12.3. The highest BCUT2D eigenvalue weighted by Gasteiger charge is 2.45. The quantitative estimate of drug-likeness (QED) is 0.174. The molecule has 2 aliphatic rings. The van der Waals surface area contributed by atoms with E-state index in [1.807, 2.05) is 0 Å². The highest BCUT2D eigenvalue weighted by molar-refractivity contribution is 5.02. The molecule has 0 unspecified atom stereocenters. The van der Waals surface area contributed by atoms with Crippen LogP contribution in [0.3, 0.4) is 0 Å². The first-order valence-electron chi connectivity index (χ1n) is 9.14. The smallest absolute Gasteiger partial charge is 0.0993 e. The van der Waals surface area contributed by atoms with Gasteiger partial charge in [-0.1, -0.05) is 12.8 Å². The third-order valence-electron chi connectivity index (χ3n) is 5.56. The zero-order valence-electron chi connectivity index (χ0n) is 14.6. The molecule has 0 spiro atoms. The van der Waals surface area contributed by atoms with Gasteiger partial charge in [-0.05, 0) is 12.8 Å². The molecule has 2 aliphatic heterocycles. The van der Waals surface area contributed by atoms with Crippen molar-refractivity contribution in [1.29, 1.82) is 0 Å². The van der Waals surface area contributed by atoms with Gasteiger partial charge >= 0.3 is 0 Å². The second-order valence-corrected chi connectivity index (χ2v) is 7.34. The van der Waals surface area contributed by atoms with E-state index < -0.39 is 74.0 Å². The number of hydrogen-bond donors (Lipinski definition) is 10. The lowest BCUT2D eigenvalue weighted by molar-refractivity contribution is -0.0138. The third-order valence-corrected chi connectivity index (χ3v) is 5.56. The Kier molecular flexibility index (Phi) is 8.16. The number of unbranched alkanes of at least 4 members (excludes halogenated alkanes) is 1. The van der Waals surface area contributed by atoms with Gasteiger partial charge in [0.15, 0.2) is 0 Å². The number of aliphatic hydroxyl groups is 8. The van der Waals surface area contributed by atoms with Crippen LogP contribution in [-0.2, 0) is 0 Å². The molecule has 0 aliphatic carbocycles. The summed E-state index contributed by atoms with van der Waals surface area (Å²) >= 11 is 0. The lowest BCUT2D eigenvalue weighted by Gasteiger charge is -2.20. The van der Waals surface area contributed by atoms with E-state index in [-0.39, 0.29) is 0 Å². The highest BCUT2D eigenvalue weighted by Crippen LogP contribution is 2.24. The van der Waals surface area contributed by atoms with Gasteiger partial charge in [-0.15, -0.1) is 0 Å². The normalized spacial score (nSPS) is 42.9. The predicted molar refractivity (Wildman–Crippen MR) is 90.1 cm³/mol. The van der Waals surface area contributed by atoms with Crippen molar-refractivity contribution in [3.63, 3.8) is 0 Å². The molecule has 26 heavy (non-hydrogen) atoms. The number of rotatable bonds is 9. The van der Waals surface area contributed by atoms with Crippen LogP contribution < -0.4 is 10.6 Å². The average molecular weight is 380 g/mol. The Hall–Kier alpha value is -0.400. The molecule has 10 nitrogen and oxygen atoms in total. The van der Waals surface area contributed by atoms with Crippen molar-refractivity contribution in [2.24, 2.45) is 0 Å². The van der Waals surface area contributed by atoms with Gasteiger partial charge in [0.05, 0.1) is 61.9 Å². The summed E-state index contributed by atoms with van der Waals surface area (Å²) < 4.78 is 0. The summed E-state index contributed by atoms with van der Waals surface area (Å²) in [5.41, 5.74) is 0. The Bertz CT molecular complexity index is 393. The van der Waals surface area contributed by atoms with Crippen LogP contribution in [0.2, 0.25) is 0 Å². The minimum atomic E-state index is -1.16. The Morgan fingerprint density at radius 3 is 1.27 bits per heavy atom. The minimum Gasteiger partial charge on any atom is -0.394 e. The number of nitrogens with one attached hydrogen (secondary N) is 2. The Balaban J connectivity index is 1.74. The molecule has 0 bridgehead atoms. The van der Waals surface area contributed by atoms with Gasteiger partial charge in [-0.3, -0.25) is 0 Å². The van der Waals surface area contributed by atoms with Crippen LogP contribution in [0.25, 0.3) is 0 Å². The summed E-state index contributed by atoms with van der Waals surface area (Å²) in [5, 5.41) is 83.1. The molecule has 10 heteroatoms. The monoisotopic (exact) mass is 380 g/mol. The van der Waals surface area contributed by atoms with E-state index in [1.54, 1.807) is 0 Å². The maximum atomic E-state index is 10.0. The molecule has 2 saturated heterocycles. The van der Waals surface area contributed by atoms with Crippen molar-refractivity contribution < 1.29 is 40.9 Å². The zero-order chi connectivity index (χ0) is 19.4. The summed E-state index contributed by atoms with van der Waals surface area (Å²) in [4.78, 5) is 0. The summed E-state index contributed by atoms with van der Waals surface area (Å²) in [7, 11) is 0. The molecule has 10 N–H and O–H groups in total. The third kappa shape index (κ3) is 4.71. The standard InChI is InChI=1S/C16H32N2O8/c19-5-9(21)11-15(25)13(23)7(17-11)3-1-2-4-8-14(24)16(26)12(18-8)10(22)6-20/h7-26H,1-6H2/t7-,8-,9-,10-,11+,12+,13+,14+,15+,16+/m1/s1. The van der Waals surface area contributed by atoms with E-state index in [9.17, 15) is 30.6 Å². The van der Waals surface area contributed by atoms with Crippen molar-refractivity contribution in [3.8, 4) is 0 Å². The molecule has 10 atom stereocenters. The van der Waals surface area contributed by atoms with Crippen LogP contribution in [-0.4, -0.2) is 115 Å². The summed E-state index contributed by atoms with van der Waals surface area (Å²) in [5.74, 6) is 0. The van der Waals surface area contributed by atoms with Crippen molar-refractivity contribution in [2.75, 3.05) is 13.2 Å². The second-order valence-electron chi connectivity index (χ2n) is 7.34. The van der Waals surface area contributed by atoms with E-state index in [0.29, 0.717) is 25.7 Å². The fourth-order valence-electron chi connectivity index (χ4n) is 3.93. The predicted octanol–water partition coefficient (Wildman–Crippen LogP) is -4.62. The topological polar surface area (TPSA) is 186 Å². The molecule has 0 aromatic heterocycles. The fraction of sp³-hybridized carbons (Fsp3) is 1.00. The van der Waals surface area contributed by atoms with Crippen molar-refractivity contribution in [3.05, 3.63) is 0 Å². The summed E-state index contributed by atoms with van der Waals surface area (Å²) in [6.45, 7) is -1.02. The Morgan fingerprint density at radius 1 is 0.615 bits per heavy atom. The van der Waals surface area contributed by atoms with Gasteiger partial charge < -0.3 is 51.5 Å². The van der Waals surface area contributed by atoms with E-state index in [4.69, 9.17) is 10.2 Å². The molecule has 0 radical (unpaired) electrons. The van der Waals surface area contributed by atoms with Crippen molar-refractivity contribution in [2.45, 2.75) is 86.5 Å². The van der Waals surface area contributed by atoms with Crippen molar-refractivity contribution >= 4 is 0 Å². The van der Waals surface area contributed by atoms with E-state index in [1.165, 1.54) is 0 Å². The molecule has 154 valence electrons. The Morgan fingerprint density at radius 2 is 0.962 bits per heavy atom. The highest BCUT2D eigenvalue weighted by atomic mass is 16.4. The van der Waals surface area contributed by atoms with Crippen LogP contribution in [0.5, 0.6) is 0 Å². The fourth-order valence-corrected chi connectivity index (χ4v) is 3.93. The molecule has 0 amide bonds. The molecule has 2 fully saturated rings. The molecular weight excluding hydrogens is 348 g/mol. The van der Waals surface area contributed by atoms with Crippen LogP contribution in [0.4, 0.5) is 0 Å². The SMILES string of the molecule is OC[C@@H](O)[C@@H]1N[C@H](CCCC[C@H]2N[C@@H]([C@H](O)CO)[C@H](O)[C@H]2O)[C@H](O)[C@H]1O. The van der Waals surface area contributed by atoms with Gasteiger partial charge in [-0.2, -0.15) is 0 Å².